The predicted molar refractivity (Wildman–Crippen MR) is 155 cm³/mol. The minimum Gasteiger partial charge on any atom is -0.493 e. The number of amides is 2. The molecule has 0 bridgehead atoms. The summed E-state index contributed by atoms with van der Waals surface area (Å²) in [7, 11) is -2.61. The highest BCUT2D eigenvalue weighted by Crippen LogP contribution is 2.44. The number of nitrogens with one attached hydrogen (secondary N) is 2. The average Bonchev–Trinajstić information content (AvgIpc) is 3.41. The molecule has 3 aromatic rings. The van der Waals surface area contributed by atoms with Gasteiger partial charge < -0.3 is 29.0 Å². The highest BCUT2D eigenvalue weighted by Gasteiger charge is 2.34. The maximum Gasteiger partial charge on any atom is 0.419 e. The molecule has 4 rings (SSSR count). The third kappa shape index (κ3) is 6.78. The van der Waals surface area contributed by atoms with E-state index in [4.69, 9.17) is 18.4 Å². The van der Waals surface area contributed by atoms with E-state index in [0.717, 1.165) is 11.8 Å². The summed E-state index contributed by atoms with van der Waals surface area (Å²) < 4.78 is 47.1. The number of methoxy groups -OCH3 is 1. The summed E-state index contributed by atoms with van der Waals surface area (Å²) in [5, 5.41) is 6.04. The fourth-order valence-corrected chi connectivity index (χ4v) is 5.03. The first-order chi connectivity index (χ1) is 19.4. The Hall–Kier alpha value is -4.26. The maximum atomic E-state index is 13.6. The summed E-state index contributed by atoms with van der Waals surface area (Å²) in [4.78, 5) is 38.8. The lowest BCUT2D eigenvalue weighted by molar-refractivity contribution is 0.0519. The molecule has 0 unspecified atom stereocenters. The van der Waals surface area contributed by atoms with E-state index in [1.54, 1.807) is 65.8 Å². The first-order valence-electron chi connectivity index (χ1n) is 13.1. The molecular weight excluding hydrogens is 566 g/mol. The van der Waals surface area contributed by atoms with Gasteiger partial charge in [-0.15, -0.1) is 0 Å². The third-order valence-corrected chi connectivity index (χ3v) is 6.47. The topological polar surface area (TPSA) is 151 Å². The zero-order valence-corrected chi connectivity index (χ0v) is 25.6. The van der Waals surface area contributed by atoms with E-state index < -0.39 is 39.4 Å². The molecule has 0 fully saturated rings. The van der Waals surface area contributed by atoms with Crippen molar-refractivity contribution in [3.05, 3.63) is 47.0 Å². The molecule has 2 heterocycles. The minimum atomic E-state index is -3.95. The Morgan fingerprint density at radius 1 is 1.02 bits per heavy atom. The van der Waals surface area contributed by atoms with E-state index >= 15 is 0 Å². The number of rotatable bonds is 6. The zero-order chi connectivity index (χ0) is 31.2. The average molecular weight is 602 g/mol. The van der Waals surface area contributed by atoms with Gasteiger partial charge >= 0.3 is 22.3 Å². The van der Waals surface area contributed by atoms with Crippen molar-refractivity contribution >= 4 is 39.1 Å². The van der Waals surface area contributed by atoms with Gasteiger partial charge in [-0.3, -0.25) is 4.79 Å². The molecule has 2 amide bonds. The van der Waals surface area contributed by atoms with Crippen molar-refractivity contribution in [1.29, 1.82) is 0 Å². The minimum absolute atomic E-state index is 0.00360. The van der Waals surface area contributed by atoms with Crippen LogP contribution in [-0.2, 0) is 32.7 Å². The molecule has 0 saturated heterocycles. The molecule has 1 aliphatic rings. The lowest BCUT2D eigenvalue weighted by Gasteiger charge is -2.22. The molecule has 1 aromatic heterocycles. The van der Waals surface area contributed by atoms with Crippen molar-refractivity contribution in [3.8, 4) is 22.8 Å². The molecule has 12 nitrogen and oxygen atoms in total. The standard InChI is InChI=1S/C29H35N3O9S/c1-28(2,3)39-26(34)31-14-16-9-10-20-17(11-16)12-21(32(20)27(35)40-29(4,5)6)18-13-22(38-7)24(41-42(8,36)37)19-15-30-25(33)23(18)19/h9-13H,14-15H2,1-8H3,(H,30,33)(H,31,34). The summed E-state index contributed by atoms with van der Waals surface area (Å²) in [6.45, 7) is 10.7. The summed E-state index contributed by atoms with van der Waals surface area (Å²) >= 11 is 0. The number of carbonyl (C=O) groups is 3. The Kier molecular flexibility index (Phi) is 7.94. The van der Waals surface area contributed by atoms with Crippen LogP contribution in [0, 0.1) is 0 Å². The van der Waals surface area contributed by atoms with Gasteiger partial charge in [0.05, 0.1) is 30.1 Å². The van der Waals surface area contributed by atoms with Gasteiger partial charge in [0.1, 0.15) is 11.2 Å². The second-order valence-corrected chi connectivity index (χ2v) is 13.4. The van der Waals surface area contributed by atoms with Gasteiger partial charge in [-0.05, 0) is 71.4 Å². The van der Waals surface area contributed by atoms with E-state index in [2.05, 4.69) is 10.6 Å². The highest BCUT2D eigenvalue weighted by atomic mass is 32.2. The second-order valence-electron chi connectivity index (χ2n) is 11.9. The normalized spacial score (nSPS) is 13.4. The second kappa shape index (κ2) is 10.9. The molecule has 0 aliphatic carbocycles. The lowest BCUT2D eigenvalue weighted by atomic mass is 9.98. The van der Waals surface area contributed by atoms with Gasteiger partial charge in [0.2, 0.25) is 0 Å². The molecule has 0 radical (unpaired) electrons. The van der Waals surface area contributed by atoms with Crippen LogP contribution in [0.15, 0.2) is 30.3 Å². The molecule has 0 atom stereocenters. The molecule has 1 aliphatic heterocycles. The largest absolute Gasteiger partial charge is 0.493 e. The van der Waals surface area contributed by atoms with Crippen molar-refractivity contribution in [2.24, 2.45) is 0 Å². The number of hydrogen-bond acceptors (Lipinski definition) is 9. The molecule has 13 heteroatoms. The van der Waals surface area contributed by atoms with Gasteiger partial charge in [-0.2, -0.15) is 8.42 Å². The van der Waals surface area contributed by atoms with Crippen LogP contribution >= 0.6 is 0 Å². The van der Waals surface area contributed by atoms with Crippen molar-refractivity contribution in [2.45, 2.75) is 65.8 Å². The van der Waals surface area contributed by atoms with Crippen molar-refractivity contribution < 1.29 is 41.2 Å². The lowest BCUT2D eigenvalue weighted by Crippen LogP contribution is -2.32. The Morgan fingerprint density at radius 2 is 1.69 bits per heavy atom. The number of aromatic nitrogens is 1. The van der Waals surface area contributed by atoms with Gasteiger partial charge in [0.15, 0.2) is 11.5 Å². The van der Waals surface area contributed by atoms with Gasteiger partial charge in [0, 0.05) is 29.6 Å². The third-order valence-electron chi connectivity index (χ3n) is 6.01. The Bertz CT molecular complexity index is 1690. The SMILES string of the molecule is COc1cc(-c2cc3cc(CNC(=O)OC(C)(C)C)ccc3n2C(=O)OC(C)(C)C)c2c(c1OS(C)(=O)=O)CNC2=O. The summed E-state index contributed by atoms with van der Waals surface area (Å²) in [5.74, 6) is -0.509. The number of nitrogens with zero attached hydrogens (tertiary/aromatic N) is 1. The first-order valence-corrected chi connectivity index (χ1v) is 14.9. The monoisotopic (exact) mass is 601 g/mol. The highest BCUT2D eigenvalue weighted by molar-refractivity contribution is 7.86. The van der Waals surface area contributed by atoms with Crippen molar-refractivity contribution in [1.82, 2.24) is 15.2 Å². The molecular formula is C29H35N3O9S. The summed E-state index contributed by atoms with van der Waals surface area (Å²) in [6, 6.07) is 8.45. The van der Waals surface area contributed by atoms with Crippen LogP contribution in [0.3, 0.4) is 0 Å². The van der Waals surface area contributed by atoms with Crippen LogP contribution in [0.2, 0.25) is 0 Å². The van der Waals surface area contributed by atoms with Crippen molar-refractivity contribution in [3.63, 3.8) is 0 Å². The Balaban J connectivity index is 1.89. The van der Waals surface area contributed by atoms with E-state index in [1.807, 2.05) is 0 Å². The summed E-state index contributed by atoms with van der Waals surface area (Å²) in [5.41, 5.74) is 0.802. The van der Waals surface area contributed by atoms with Crippen LogP contribution in [0.4, 0.5) is 9.59 Å². The van der Waals surface area contributed by atoms with Crippen molar-refractivity contribution in [2.75, 3.05) is 13.4 Å². The fraction of sp³-hybridized carbons (Fsp3) is 0.414. The number of ether oxygens (including phenoxy) is 3. The van der Waals surface area contributed by atoms with Gasteiger partial charge in [-0.25, -0.2) is 14.2 Å². The van der Waals surface area contributed by atoms with Crippen LogP contribution < -0.4 is 19.6 Å². The Labute approximate surface area is 244 Å². The van der Waals surface area contributed by atoms with Gasteiger partial charge in [0.25, 0.3) is 5.91 Å². The van der Waals surface area contributed by atoms with Gasteiger partial charge in [-0.1, -0.05) is 6.07 Å². The fourth-order valence-electron chi connectivity index (χ4n) is 4.54. The number of benzene rings is 2. The molecule has 2 N–H and O–H groups in total. The van der Waals surface area contributed by atoms with E-state index in [-0.39, 0.29) is 35.7 Å². The Morgan fingerprint density at radius 3 is 2.29 bits per heavy atom. The van der Waals surface area contributed by atoms with E-state index in [1.165, 1.54) is 17.7 Å². The predicted octanol–water partition coefficient (Wildman–Crippen LogP) is 4.71. The smallest absolute Gasteiger partial charge is 0.419 e. The van der Waals surface area contributed by atoms with Crippen LogP contribution in [-0.4, -0.2) is 55.6 Å². The first kappa shape index (κ1) is 30.7. The molecule has 42 heavy (non-hydrogen) atoms. The summed E-state index contributed by atoms with van der Waals surface area (Å²) in [6.07, 6.45) is -0.360. The molecule has 0 saturated carbocycles. The number of hydrogen-bond donors (Lipinski definition) is 2. The van der Waals surface area contributed by atoms with Crippen LogP contribution in [0.25, 0.3) is 22.2 Å². The zero-order valence-electron chi connectivity index (χ0n) is 24.8. The maximum absolute atomic E-state index is 13.6. The quantitative estimate of drug-likeness (QED) is 0.383. The number of carbonyl (C=O) groups excluding carboxylic acids is 3. The van der Waals surface area contributed by atoms with E-state index in [9.17, 15) is 22.8 Å². The number of fused-ring (bicyclic) bond motifs is 2. The molecule has 2 aromatic carbocycles. The van der Waals surface area contributed by atoms with Crippen LogP contribution in [0.1, 0.15) is 63.0 Å². The number of alkyl carbamates (subject to hydrolysis) is 1. The molecule has 0 spiro atoms. The van der Waals surface area contributed by atoms with Crippen LogP contribution in [0.5, 0.6) is 11.5 Å². The van der Waals surface area contributed by atoms with E-state index in [0.29, 0.717) is 22.2 Å². The molecule has 226 valence electrons.